The Morgan fingerprint density at radius 2 is 1.75 bits per heavy atom. The van der Waals surface area contributed by atoms with Crippen LogP contribution in [0.15, 0.2) is 0 Å². The van der Waals surface area contributed by atoms with Crippen molar-refractivity contribution in [1.82, 2.24) is 5.32 Å². The van der Waals surface area contributed by atoms with Gasteiger partial charge in [0.15, 0.2) is 0 Å². The lowest BCUT2D eigenvalue weighted by molar-refractivity contribution is -0.126. The molecule has 0 radical (unpaired) electrons. The summed E-state index contributed by atoms with van der Waals surface area (Å²) in [6, 6.07) is 0.208. The molecular formula is C17H32N2O. The van der Waals surface area contributed by atoms with E-state index in [0.717, 1.165) is 31.7 Å². The first-order valence-electron chi connectivity index (χ1n) is 8.63. The zero-order chi connectivity index (χ0) is 14.5. The molecule has 0 aromatic rings. The highest BCUT2D eigenvalue weighted by Crippen LogP contribution is 2.31. The molecule has 3 heteroatoms. The van der Waals surface area contributed by atoms with Crippen molar-refractivity contribution in [3.8, 4) is 0 Å². The van der Waals surface area contributed by atoms with Crippen molar-refractivity contribution in [3.63, 3.8) is 0 Å². The minimum Gasteiger partial charge on any atom is -0.356 e. The van der Waals surface area contributed by atoms with Crippen LogP contribution in [0.25, 0.3) is 0 Å². The maximum atomic E-state index is 12.2. The van der Waals surface area contributed by atoms with Gasteiger partial charge in [0.2, 0.25) is 5.91 Å². The Bertz CT molecular complexity index is 310. The first-order chi connectivity index (χ1) is 9.60. The quantitative estimate of drug-likeness (QED) is 0.831. The predicted octanol–water partition coefficient (Wildman–Crippen LogP) is 3.08. The molecule has 3 atom stereocenters. The standard InChI is InChI=1S/C17H32N2O/c1-3-13-5-7-14(8-6-13)11-19-17(20)15-9-4-12(2)16(18)10-15/h12-16H,3-11,18H2,1-2H3,(H,19,20). The molecule has 20 heavy (non-hydrogen) atoms. The summed E-state index contributed by atoms with van der Waals surface area (Å²) >= 11 is 0. The molecule has 2 saturated carbocycles. The Labute approximate surface area is 124 Å². The highest BCUT2D eigenvalue weighted by molar-refractivity contribution is 5.78. The van der Waals surface area contributed by atoms with Crippen LogP contribution in [0.4, 0.5) is 0 Å². The van der Waals surface area contributed by atoms with Gasteiger partial charge < -0.3 is 11.1 Å². The van der Waals surface area contributed by atoms with Gasteiger partial charge in [0.25, 0.3) is 0 Å². The summed E-state index contributed by atoms with van der Waals surface area (Å²) in [5.74, 6) is 2.62. The van der Waals surface area contributed by atoms with Crippen LogP contribution in [-0.4, -0.2) is 18.5 Å². The van der Waals surface area contributed by atoms with Crippen molar-refractivity contribution in [2.24, 2.45) is 29.4 Å². The average molecular weight is 280 g/mol. The fourth-order valence-electron chi connectivity index (χ4n) is 3.83. The molecule has 0 bridgehead atoms. The second-order valence-corrected chi connectivity index (χ2v) is 7.19. The summed E-state index contributed by atoms with van der Waals surface area (Å²) < 4.78 is 0. The van der Waals surface area contributed by atoms with Crippen LogP contribution in [0.2, 0.25) is 0 Å². The van der Waals surface area contributed by atoms with Crippen molar-refractivity contribution < 1.29 is 4.79 Å². The number of hydrogen-bond donors (Lipinski definition) is 2. The van der Waals surface area contributed by atoms with Gasteiger partial charge in [-0.2, -0.15) is 0 Å². The number of carbonyl (C=O) groups is 1. The third-order valence-electron chi connectivity index (χ3n) is 5.74. The highest BCUT2D eigenvalue weighted by atomic mass is 16.1. The molecule has 0 spiro atoms. The lowest BCUT2D eigenvalue weighted by Gasteiger charge is -2.32. The van der Waals surface area contributed by atoms with Gasteiger partial charge in [0.1, 0.15) is 0 Å². The molecule has 3 nitrogen and oxygen atoms in total. The first-order valence-corrected chi connectivity index (χ1v) is 8.63. The molecule has 2 fully saturated rings. The largest absolute Gasteiger partial charge is 0.356 e. The van der Waals surface area contributed by atoms with Crippen molar-refractivity contribution in [2.45, 2.75) is 71.3 Å². The molecule has 0 aromatic heterocycles. The number of amides is 1. The Balaban J connectivity index is 1.68. The zero-order valence-corrected chi connectivity index (χ0v) is 13.2. The number of carbonyl (C=O) groups excluding carboxylic acids is 1. The average Bonchev–Trinajstić information content (AvgIpc) is 2.48. The van der Waals surface area contributed by atoms with Crippen molar-refractivity contribution in [2.75, 3.05) is 6.54 Å². The van der Waals surface area contributed by atoms with E-state index < -0.39 is 0 Å². The fourth-order valence-corrected chi connectivity index (χ4v) is 3.83. The van der Waals surface area contributed by atoms with Gasteiger partial charge in [-0.05, 0) is 49.9 Å². The van der Waals surface area contributed by atoms with Gasteiger partial charge in [-0.3, -0.25) is 4.79 Å². The number of hydrogen-bond acceptors (Lipinski definition) is 2. The summed E-state index contributed by atoms with van der Waals surface area (Å²) in [6.45, 7) is 5.38. The van der Waals surface area contributed by atoms with Crippen LogP contribution in [-0.2, 0) is 4.79 Å². The lowest BCUT2D eigenvalue weighted by atomic mass is 9.78. The molecule has 3 unspecified atom stereocenters. The SMILES string of the molecule is CCC1CCC(CNC(=O)C2CCC(C)C(N)C2)CC1. The molecule has 1 amide bonds. The van der Waals surface area contributed by atoms with E-state index in [4.69, 9.17) is 5.73 Å². The Hall–Kier alpha value is -0.570. The molecule has 0 aromatic carbocycles. The third kappa shape index (κ3) is 4.21. The van der Waals surface area contributed by atoms with Crippen molar-refractivity contribution in [1.29, 1.82) is 0 Å². The minimum atomic E-state index is 0.160. The normalized spacial score (nSPS) is 38.5. The van der Waals surface area contributed by atoms with Crippen LogP contribution in [0, 0.1) is 23.7 Å². The van der Waals surface area contributed by atoms with Crippen LogP contribution in [0.5, 0.6) is 0 Å². The molecule has 0 aliphatic heterocycles. The highest BCUT2D eigenvalue weighted by Gasteiger charge is 2.30. The number of nitrogens with two attached hydrogens (primary N) is 1. The fraction of sp³-hybridized carbons (Fsp3) is 0.941. The molecule has 2 aliphatic rings. The molecular weight excluding hydrogens is 248 g/mol. The molecule has 116 valence electrons. The molecule has 3 N–H and O–H groups in total. The van der Waals surface area contributed by atoms with E-state index in [0.29, 0.717) is 11.8 Å². The summed E-state index contributed by atoms with van der Waals surface area (Å²) in [5, 5.41) is 3.20. The molecule has 2 aliphatic carbocycles. The minimum absolute atomic E-state index is 0.160. The lowest BCUT2D eigenvalue weighted by Crippen LogP contribution is -2.42. The van der Waals surface area contributed by atoms with Crippen molar-refractivity contribution in [3.05, 3.63) is 0 Å². The maximum absolute atomic E-state index is 12.2. The van der Waals surface area contributed by atoms with E-state index in [1.54, 1.807) is 0 Å². The van der Waals surface area contributed by atoms with Gasteiger partial charge in [-0.25, -0.2) is 0 Å². The summed E-state index contributed by atoms with van der Waals surface area (Å²) in [4.78, 5) is 12.2. The Morgan fingerprint density at radius 3 is 2.35 bits per heavy atom. The monoisotopic (exact) mass is 280 g/mol. The Morgan fingerprint density at radius 1 is 1.10 bits per heavy atom. The predicted molar refractivity (Wildman–Crippen MR) is 83.2 cm³/mol. The van der Waals surface area contributed by atoms with E-state index in [1.807, 2.05) is 0 Å². The maximum Gasteiger partial charge on any atom is 0.223 e. The molecule has 2 rings (SSSR count). The third-order valence-corrected chi connectivity index (χ3v) is 5.74. The Kier molecular flexibility index (Phi) is 5.88. The number of rotatable bonds is 4. The molecule has 0 heterocycles. The van der Waals surface area contributed by atoms with E-state index in [9.17, 15) is 4.79 Å². The first kappa shape index (κ1) is 15.8. The van der Waals surface area contributed by atoms with E-state index in [1.165, 1.54) is 32.1 Å². The van der Waals surface area contributed by atoms with Crippen LogP contribution in [0.3, 0.4) is 0 Å². The van der Waals surface area contributed by atoms with Gasteiger partial charge in [-0.1, -0.05) is 33.1 Å². The van der Waals surface area contributed by atoms with Gasteiger partial charge in [0, 0.05) is 18.5 Å². The second kappa shape index (κ2) is 7.44. The summed E-state index contributed by atoms with van der Waals surface area (Å²) in [6.07, 6.45) is 9.59. The second-order valence-electron chi connectivity index (χ2n) is 7.19. The van der Waals surface area contributed by atoms with Gasteiger partial charge >= 0.3 is 0 Å². The van der Waals surface area contributed by atoms with E-state index in [-0.39, 0.29) is 17.9 Å². The van der Waals surface area contributed by atoms with Gasteiger partial charge in [0.05, 0.1) is 0 Å². The topological polar surface area (TPSA) is 55.1 Å². The van der Waals surface area contributed by atoms with Crippen molar-refractivity contribution >= 4 is 5.91 Å². The molecule has 0 saturated heterocycles. The van der Waals surface area contributed by atoms with Crippen LogP contribution < -0.4 is 11.1 Å². The smallest absolute Gasteiger partial charge is 0.223 e. The van der Waals surface area contributed by atoms with E-state index >= 15 is 0 Å². The summed E-state index contributed by atoms with van der Waals surface area (Å²) in [7, 11) is 0. The van der Waals surface area contributed by atoms with E-state index in [2.05, 4.69) is 19.2 Å². The van der Waals surface area contributed by atoms with Gasteiger partial charge in [-0.15, -0.1) is 0 Å². The van der Waals surface area contributed by atoms with Crippen LogP contribution >= 0.6 is 0 Å². The zero-order valence-electron chi connectivity index (χ0n) is 13.2. The summed E-state index contributed by atoms with van der Waals surface area (Å²) in [5.41, 5.74) is 6.10. The van der Waals surface area contributed by atoms with Crippen LogP contribution in [0.1, 0.15) is 65.2 Å². The number of nitrogens with one attached hydrogen (secondary N) is 1.